The third-order valence-corrected chi connectivity index (χ3v) is 4.95. The van der Waals surface area contributed by atoms with Crippen LogP contribution in [0.5, 0.6) is 34.5 Å². The third kappa shape index (κ3) is 7.60. The molecule has 2 aromatic carbocycles. The molecule has 0 aromatic heterocycles. The molecular formula is C24H31NO9. The molecule has 0 aliphatic carbocycles. The number of carboxylic acids is 1. The lowest BCUT2D eigenvalue weighted by molar-refractivity contribution is -0.134. The van der Waals surface area contributed by atoms with Crippen molar-refractivity contribution in [2.75, 3.05) is 47.4 Å². The average Bonchev–Trinajstić information content (AvgIpc) is 3.44. The highest BCUT2D eigenvalue weighted by Gasteiger charge is 2.30. The summed E-state index contributed by atoms with van der Waals surface area (Å²) in [7, 11) is 4.01. The Morgan fingerprint density at radius 2 is 1.35 bits per heavy atom. The summed E-state index contributed by atoms with van der Waals surface area (Å²) in [6, 6.07) is 10.7. The van der Waals surface area contributed by atoms with Gasteiger partial charge in [-0.25, -0.2) is 0 Å². The molecule has 2 heterocycles. The van der Waals surface area contributed by atoms with E-state index in [2.05, 4.69) is 4.90 Å². The first-order valence-electron chi connectivity index (χ1n) is 10.9. The van der Waals surface area contributed by atoms with Crippen molar-refractivity contribution in [3.05, 3.63) is 36.4 Å². The van der Waals surface area contributed by atoms with Gasteiger partial charge in [0, 0.05) is 19.1 Å². The minimum atomic E-state index is -1.16. The molecule has 34 heavy (non-hydrogen) atoms. The monoisotopic (exact) mass is 477 g/mol. The molecule has 2 aromatic rings. The molecule has 10 nitrogen and oxygen atoms in total. The summed E-state index contributed by atoms with van der Waals surface area (Å²) in [6.07, 6.45) is 1.33. The molecule has 0 fully saturated rings. The Bertz CT molecular complexity index is 898. The zero-order valence-corrected chi connectivity index (χ0v) is 19.6. The Hall–Kier alpha value is -3.37. The van der Waals surface area contributed by atoms with E-state index in [1.165, 1.54) is 0 Å². The van der Waals surface area contributed by atoms with E-state index in [1.54, 1.807) is 36.4 Å². The number of rotatable bonds is 10. The van der Waals surface area contributed by atoms with E-state index in [-0.39, 0.29) is 26.8 Å². The first kappa shape index (κ1) is 25.3. The lowest BCUT2D eigenvalue weighted by Gasteiger charge is -2.28. The molecule has 4 rings (SSSR count). The Morgan fingerprint density at radius 1 is 0.912 bits per heavy atom. The molecule has 186 valence electrons. The van der Waals surface area contributed by atoms with Crippen LogP contribution in [0.15, 0.2) is 36.4 Å². The van der Waals surface area contributed by atoms with Crippen LogP contribution in [-0.2, 0) is 4.79 Å². The predicted octanol–water partition coefficient (Wildman–Crippen LogP) is 2.77. The second-order valence-electron chi connectivity index (χ2n) is 8.26. The van der Waals surface area contributed by atoms with Crippen LogP contribution < -0.4 is 28.4 Å². The van der Waals surface area contributed by atoms with Crippen LogP contribution in [0.25, 0.3) is 0 Å². The topological polar surface area (TPSA) is 116 Å². The van der Waals surface area contributed by atoms with Gasteiger partial charge in [0.05, 0.1) is 0 Å². The lowest BCUT2D eigenvalue weighted by Crippen LogP contribution is -2.42. The van der Waals surface area contributed by atoms with Gasteiger partial charge in [-0.2, -0.15) is 0 Å². The molecule has 2 aliphatic rings. The van der Waals surface area contributed by atoms with Crippen molar-refractivity contribution in [2.24, 2.45) is 0 Å². The van der Waals surface area contributed by atoms with E-state index < -0.39 is 11.6 Å². The van der Waals surface area contributed by atoms with E-state index in [9.17, 15) is 5.11 Å². The fraction of sp³-hybridized carbons (Fsp3) is 0.458. The van der Waals surface area contributed by atoms with E-state index in [1.807, 2.05) is 14.1 Å². The van der Waals surface area contributed by atoms with E-state index in [4.69, 9.17) is 38.3 Å². The highest BCUT2D eigenvalue weighted by atomic mass is 16.7. The number of nitrogens with zero attached hydrogens (tertiary/aromatic N) is 1. The summed E-state index contributed by atoms with van der Waals surface area (Å²) in [5, 5.41) is 18.7. The van der Waals surface area contributed by atoms with Gasteiger partial charge in [-0.05, 0) is 57.7 Å². The van der Waals surface area contributed by atoms with E-state index in [0.29, 0.717) is 40.9 Å². The van der Waals surface area contributed by atoms with Gasteiger partial charge in [0.1, 0.15) is 30.3 Å². The molecule has 0 unspecified atom stereocenters. The Kier molecular flexibility index (Phi) is 8.67. The van der Waals surface area contributed by atoms with Crippen molar-refractivity contribution in [2.45, 2.75) is 25.4 Å². The minimum Gasteiger partial charge on any atom is -0.490 e. The summed E-state index contributed by atoms with van der Waals surface area (Å²) in [4.78, 5) is 11.1. The summed E-state index contributed by atoms with van der Waals surface area (Å²) >= 11 is 0. The van der Waals surface area contributed by atoms with Gasteiger partial charge in [0.25, 0.3) is 5.97 Å². The fourth-order valence-corrected chi connectivity index (χ4v) is 3.28. The molecule has 2 aliphatic heterocycles. The average molecular weight is 478 g/mol. The van der Waals surface area contributed by atoms with Gasteiger partial charge < -0.3 is 43.5 Å². The fourth-order valence-electron chi connectivity index (χ4n) is 3.28. The predicted molar refractivity (Wildman–Crippen MR) is 122 cm³/mol. The number of benzene rings is 2. The summed E-state index contributed by atoms with van der Waals surface area (Å²) in [6.45, 7) is 2.53. The van der Waals surface area contributed by atoms with Gasteiger partial charge in [-0.1, -0.05) is 0 Å². The van der Waals surface area contributed by atoms with Crippen LogP contribution in [0.4, 0.5) is 0 Å². The molecule has 0 amide bonds. The van der Waals surface area contributed by atoms with Crippen LogP contribution in [0, 0.1) is 0 Å². The highest BCUT2D eigenvalue weighted by molar-refractivity contribution is 5.63. The highest BCUT2D eigenvalue weighted by Crippen LogP contribution is 2.36. The molecule has 0 spiro atoms. The van der Waals surface area contributed by atoms with Gasteiger partial charge >= 0.3 is 0 Å². The third-order valence-electron chi connectivity index (χ3n) is 4.95. The largest absolute Gasteiger partial charge is 0.490 e. The van der Waals surface area contributed by atoms with Crippen LogP contribution in [0.2, 0.25) is 0 Å². The quantitative estimate of drug-likeness (QED) is 0.529. The Labute approximate surface area is 198 Å². The molecule has 0 atom stereocenters. The van der Waals surface area contributed by atoms with Crippen molar-refractivity contribution >= 4 is 5.97 Å². The molecule has 2 N–H and O–H groups in total. The molecule has 0 radical (unpaired) electrons. The van der Waals surface area contributed by atoms with Crippen LogP contribution in [0.3, 0.4) is 0 Å². The number of aliphatic carboxylic acids is 1. The van der Waals surface area contributed by atoms with Gasteiger partial charge in [0.15, 0.2) is 23.0 Å². The van der Waals surface area contributed by atoms with Crippen LogP contribution >= 0.6 is 0 Å². The van der Waals surface area contributed by atoms with E-state index >= 15 is 0 Å². The van der Waals surface area contributed by atoms with E-state index in [0.717, 1.165) is 19.9 Å². The van der Waals surface area contributed by atoms with Crippen molar-refractivity contribution < 1.29 is 43.4 Å². The maximum atomic E-state index is 11.3. The number of ether oxygens (including phenoxy) is 6. The maximum absolute atomic E-state index is 11.3. The van der Waals surface area contributed by atoms with Gasteiger partial charge in [-0.15, -0.1) is 0 Å². The number of carboxylic acid groups (broad SMARTS) is 1. The normalized spacial score (nSPS) is 13.3. The molecule has 0 saturated heterocycles. The zero-order chi connectivity index (χ0) is 24.6. The number of hydrogen-bond donors (Lipinski definition) is 2. The lowest BCUT2D eigenvalue weighted by atomic mass is 9.99. The maximum Gasteiger partial charge on any atom is 0.300 e. The Balaban J connectivity index is 0.000000751. The molecule has 10 heteroatoms. The van der Waals surface area contributed by atoms with Crippen molar-refractivity contribution in [3.63, 3.8) is 0 Å². The number of carbonyl (C=O) groups is 1. The smallest absolute Gasteiger partial charge is 0.300 e. The zero-order valence-electron chi connectivity index (χ0n) is 19.6. The number of hydrogen-bond acceptors (Lipinski definition) is 9. The summed E-state index contributed by atoms with van der Waals surface area (Å²) in [5.41, 5.74) is -1.16. The minimum absolute atomic E-state index is 0.0879. The molecular weight excluding hydrogens is 446 g/mol. The number of fused-ring (bicyclic) bond motifs is 2. The summed E-state index contributed by atoms with van der Waals surface area (Å²) in [5.74, 6) is 3.03. The first-order chi connectivity index (χ1) is 16.2. The van der Waals surface area contributed by atoms with Crippen molar-refractivity contribution in [1.29, 1.82) is 0 Å². The number of aliphatic hydroxyl groups is 1. The first-order valence-corrected chi connectivity index (χ1v) is 10.9. The molecule has 0 saturated carbocycles. The second kappa shape index (κ2) is 11.7. The standard InChI is InChI=1S/C22H27NO7.C2H4O2/c1-23(2)9-3-8-22(24,12-25-16-4-6-18-20(10-16)29-14-27-18)13-26-17-5-7-19-21(11-17)30-15-28-19;1-2(3)4/h4-7,10-11,24H,3,8-9,12-15H2,1-2H3;1H3,(H,3,4). The summed E-state index contributed by atoms with van der Waals surface area (Å²) < 4.78 is 33.2. The van der Waals surface area contributed by atoms with Gasteiger partial charge in [-0.3, -0.25) is 4.79 Å². The van der Waals surface area contributed by atoms with Crippen LogP contribution in [0.1, 0.15) is 19.8 Å². The Morgan fingerprint density at radius 3 is 1.79 bits per heavy atom. The second-order valence-corrected chi connectivity index (χ2v) is 8.26. The SMILES string of the molecule is CC(=O)O.CN(C)CCCC(O)(COc1ccc2c(c1)OCO2)COc1ccc2c(c1)OCO2. The van der Waals surface area contributed by atoms with Crippen molar-refractivity contribution in [3.8, 4) is 34.5 Å². The van der Waals surface area contributed by atoms with Crippen molar-refractivity contribution in [1.82, 2.24) is 4.90 Å². The van der Waals surface area contributed by atoms with Crippen LogP contribution in [-0.4, -0.2) is 74.1 Å². The van der Waals surface area contributed by atoms with Gasteiger partial charge in [0.2, 0.25) is 13.6 Å². The molecule has 0 bridgehead atoms.